The standard InChI is InChI=1S/C16H15ClFN/c17-11-6-7-12(15(18)8-11)16(19)14-9-13(14)10-4-2-1-3-5-10/h1-8,13-14,16H,9,19H2. The van der Waals surface area contributed by atoms with E-state index < -0.39 is 0 Å². The molecule has 0 bridgehead atoms. The Kier molecular flexibility index (Phi) is 3.29. The average molecular weight is 276 g/mol. The molecular formula is C16H15ClFN. The van der Waals surface area contributed by atoms with Crippen molar-refractivity contribution in [2.45, 2.75) is 18.4 Å². The van der Waals surface area contributed by atoms with Gasteiger partial charge in [-0.3, -0.25) is 0 Å². The maximum Gasteiger partial charge on any atom is 0.129 e. The highest BCUT2D eigenvalue weighted by Crippen LogP contribution is 2.53. The first-order valence-electron chi connectivity index (χ1n) is 6.42. The summed E-state index contributed by atoms with van der Waals surface area (Å²) in [6, 6.07) is 14.7. The van der Waals surface area contributed by atoms with Gasteiger partial charge >= 0.3 is 0 Å². The first-order chi connectivity index (χ1) is 9.16. The van der Waals surface area contributed by atoms with E-state index >= 15 is 0 Å². The van der Waals surface area contributed by atoms with Gasteiger partial charge in [0.2, 0.25) is 0 Å². The van der Waals surface area contributed by atoms with Crippen molar-refractivity contribution in [3.63, 3.8) is 0 Å². The lowest BCUT2D eigenvalue weighted by molar-refractivity contribution is 0.547. The molecule has 2 N–H and O–H groups in total. The van der Waals surface area contributed by atoms with E-state index in [0.29, 0.717) is 22.4 Å². The lowest BCUT2D eigenvalue weighted by atomic mass is 9.99. The molecule has 0 aliphatic heterocycles. The van der Waals surface area contributed by atoms with Crippen molar-refractivity contribution in [1.29, 1.82) is 0 Å². The van der Waals surface area contributed by atoms with E-state index in [-0.39, 0.29) is 11.9 Å². The smallest absolute Gasteiger partial charge is 0.129 e. The normalized spacial score (nSPS) is 23.1. The molecule has 0 aromatic heterocycles. The molecule has 0 spiro atoms. The Balaban J connectivity index is 1.78. The molecule has 3 rings (SSSR count). The van der Waals surface area contributed by atoms with Crippen molar-refractivity contribution >= 4 is 11.6 Å². The molecule has 1 fully saturated rings. The van der Waals surface area contributed by atoms with Crippen LogP contribution in [0.2, 0.25) is 5.02 Å². The van der Waals surface area contributed by atoms with Crippen LogP contribution < -0.4 is 5.73 Å². The van der Waals surface area contributed by atoms with E-state index in [1.54, 1.807) is 12.1 Å². The molecule has 1 nitrogen and oxygen atoms in total. The summed E-state index contributed by atoms with van der Waals surface area (Å²) in [5.74, 6) is 0.461. The van der Waals surface area contributed by atoms with E-state index in [4.69, 9.17) is 17.3 Å². The summed E-state index contributed by atoms with van der Waals surface area (Å²) in [6.07, 6.45) is 1.02. The molecule has 3 heteroatoms. The molecule has 3 atom stereocenters. The molecule has 0 heterocycles. The van der Waals surface area contributed by atoms with Crippen molar-refractivity contribution in [1.82, 2.24) is 0 Å². The van der Waals surface area contributed by atoms with Gasteiger partial charge in [-0.1, -0.05) is 48.0 Å². The van der Waals surface area contributed by atoms with Gasteiger partial charge in [-0.2, -0.15) is 0 Å². The lowest BCUT2D eigenvalue weighted by Gasteiger charge is -2.13. The molecule has 1 aliphatic carbocycles. The molecule has 0 saturated heterocycles. The molecule has 98 valence electrons. The molecule has 3 unspecified atom stereocenters. The predicted molar refractivity (Wildman–Crippen MR) is 75.6 cm³/mol. The summed E-state index contributed by atoms with van der Waals surface area (Å²) in [6.45, 7) is 0. The monoisotopic (exact) mass is 275 g/mol. The van der Waals surface area contributed by atoms with Crippen molar-refractivity contribution in [2.75, 3.05) is 0 Å². The van der Waals surface area contributed by atoms with Gasteiger partial charge < -0.3 is 5.73 Å². The molecule has 2 aromatic carbocycles. The zero-order chi connectivity index (χ0) is 13.4. The summed E-state index contributed by atoms with van der Waals surface area (Å²) < 4.78 is 13.9. The number of benzene rings is 2. The highest BCUT2D eigenvalue weighted by Gasteiger charge is 2.43. The van der Waals surface area contributed by atoms with E-state index in [0.717, 1.165) is 6.42 Å². The van der Waals surface area contributed by atoms with E-state index in [2.05, 4.69) is 12.1 Å². The minimum absolute atomic E-state index is 0.262. The fourth-order valence-electron chi connectivity index (χ4n) is 2.70. The van der Waals surface area contributed by atoms with Crippen LogP contribution in [0.25, 0.3) is 0 Å². The largest absolute Gasteiger partial charge is 0.324 e. The van der Waals surface area contributed by atoms with Crippen molar-refractivity contribution in [3.8, 4) is 0 Å². The zero-order valence-corrected chi connectivity index (χ0v) is 11.1. The maximum atomic E-state index is 13.9. The van der Waals surface area contributed by atoms with Crippen LogP contribution >= 0.6 is 11.6 Å². The fourth-order valence-corrected chi connectivity index (χ4v) is 2.86. The minimum atomic E-state index is -0.307. The Hall–Kier alpha value is -1.38. The number of hydrogen-bond acceptors (Lipinski definition) is 1. The Labute approximate surface area is 117 Å². The van der Waals surface area contributed by atoms with E-state index in [1.807, 2.05) is 18.2 Å². The van der Waals surface area contributed by atoms with Gasteiger partial charge in [0.05, 0.1) is 0 Å². The van der Waals surface area contributed by atoms with Crippen LogP contribution in [0.5, 0.6) is 0 Å². The summed E-state index contributed by atoms with van der Waals surface area (Å²) in [4.78, 5) is 0. The molecule has 2 aromatic rings. The van der Waals surface area contributed by atoms with Crippen molar-refractivity contribution in [2.24, 2.45) is 11.7 Å². The first kappa shape index (κ1) is 12.6. The molecule has 1 aliphatic rings. The summed E-state index contributed by atoms with van der Waals surface area (Å²) in [5, 5.41) is 0.406. The number of hydrogen-bond donors (Lipinski definition) is 1. The Bertz CT molecular complexity index is 585. The van der Waals surface area contributed by atoms with Gasteiger partial charge in [-0.25, -0.2) is 4.39 Å². The Morgan fingerprint density at radius 1 is 1.16 bits per heavy atom. The predicted octanol–water partition coefficient (Wildman–Crippen LogP) is 4.28. The number of rotatable bonds is 3. The highest BCUT2D eigenvalue weighted by molar-refractivity contribution is 6.30. The van der Waals surface area contributed by atoms with Gasteiger partial charge in [0.25, 0.3) is 0 Å². The summed E-state index contributed by atoms with van der Waals surface area (Å²) in [5.41, 5.74) is 8.05. The van der Waals surface area contributed by atoms with Crippen molar-refractivity contribution < 1.29 is 4.39 Å². The molecule has 0 amide bonds. The quantitative estimate of drug-likeness (QED) is 0.889. The second-order valence-corrected chi connectivity index (χ2v) is 5.54. The third-order valence-corrected chi connectivity index (χ3v) is 4.09. The highest BCUT2D eigenvalue weighted by atomic mass is 35.5. The zero-order valence-electron chi connectivity index (χ0n) is 10.4. The van der Waals surface area contributed by atoms with Crippen LogP contribution in [0.4, 0.5) is 4.39 Å². The van der Waals surface area contributed by atoms with Gasteiger partial charge in [-0.15, -0.1) is 0 Å². The van der Waals surface area contributed by atoms with E-state index in [1.165, 1.54) is 11.6 Å². The van der Waals surface area contributed by atoms with Gasteiger partial charge in [0.1, 0.15) is 5.82 Å². The van der Waals surface area contributed by atoms with Crippen molar-refractivity contribution in [3.05, 3.63) is 70.5 Å². The topological polar surface area (TPSA) is 26.0 Å². The second-order valence-electron chi connectivity index (χ2n) is 5.11. The molecule has 19 heavy (non-hydrogen) atoms. The van der Waals surface area contributed by atoms with Crippen LogP contribution in [0.1, 0.15) is 29.5 Å². The number of halogens is 2. The second kappa shape index (κ2) is 4.95. The van der Waals surface area contributed by atoms with E-state index in [9.17, 15) is 4.39 Å². The molecule has 1 saturated carbocycles. The van der Waals surface area contributed by atoms with Gasteiger partial charge in [0.15, 0.2) is 0 Å². The molecule has 0 radical (unpaired) electrons. The van der Waals surface area contributed by atoms with Crippen LogP contribution in [-0.4, -0.2) is 0 Å². The van der Waals surface area contributed by atoms with Crippen LogP contribution in [0.3, 0.4) is 0 Å². The third-order valence-electron chi connectivity index (χ3n) is 3.85. The van der Waals surface area contributed by atoms with Gasteiger partial charge in [-0.05, 0) is 36.0 Å². The fraction of sp³-hybridized carbons (Fsp3) is 0.250. The first-order valence-corrected chi connectivity index (χ1v) is 6.80. The third kappa shape index (κ3) is 2.51. The lowest BCUT2D eigenvalue weighted by Crippen LogP contribution is -2.15. The van der Waals surface area contributed by atoms with Crippen LogP contribution in [0.15, 0.2) is 48.5 Å². The minimum Gasteiger partial charge on any atom is -0.324 e. The Morgan fingerprint density at radius 3 is 2.58 bits per heavy atom. The molecular weight excluding hydrogens is 261 g/mol. The number of nitrogens with two attached hydrogens (primary N) is 1. The summed E-state index contributed by atoms with van der Waals surface area (Å²) in [7, 11) is 0. The summed E-state index contributed by atoms with van der Waals surface area (Å²) >= 11 is 5.76. The SMILES string of the molecule is NC(c1ccc(Cl)cc1F)C1CC1c1ccccc1. The van der Waals surface area contributed by atoms with Crippen LogP contribution in [0, 0.1) is 11.7 Å². The average Bonchev–Trinajstić information content (AvgIpc) is 3.19. The van der Waals surface area contributed by atoms with Crippen LogP contribution in [-0.2, 0) is 0 Å². The maximum absolute atomic E-state index is 13.9. The van der Waals surface area contributed by atoms with Gasteiger partial charge in [0, 0.05) is 16.6 Å². The Morgan fingerprint density at radius 2 is 1.89 bits per heavy atom.